The maximum atomic E-state index is 12.6. The van der Waals surface area contributed by atoms with Gasteiger partial charge in [0, 0.05) is 32.2 Å². The zero-order valence-corrected chi connectivity index (χ0v) is 16.4. The maximum Gasteiger partial charge on any atom is 0.321 e. The van der Waals surface area contributed by atoms with Crippen LogP contribution in [0.3, 0.4) is 0 Å². The van der Waals surface area contributed by atoms with Gasteiger partial charge >= 0.3 is 6.03 Å². The van der Waals surface area contributed by atoms with Crippen LogP contribution in [-0.2, 0) is 0 Å². The lowest BCUT2D eigenvalue weighted by molar-refractivity contribution is 0.119. The van der Waals surface area contributed by atoms with E-state index in [4.69, 9.17) is 11.6 Å². The average Bonchev–Trinajstić information content (AvgIpc) is 2.64. The average molecular weight is 372 g/mol. The van der Waals surface area contributed by atoms with Crippen molar-refractivity contribution in [2.45, 2.75) is 26.8 Å². The van der Waals surface area contributed by atoms with Crippen molar-refractivity contribution in [3.05, 3.63) is 64.2 Å². The number of halogens is 1. The third-order valence-corrected chi connectivity index (χ3v) is 5.39. The predicted octanol–water partition coefficient (Wildman–Crippen LogP) is 4.87. The Kier molecular flexibility index (Phi) is 5.84. The Hall–Kier alpha value is -2.04. The van der Waals surface area contributed by atoms with Gasteiger partial charge in [-0.05, 0) is 43.5 Å². The number of carbonyl (C=O) groups is 1. The van der Waals surface area contributed by atoms with Crippen molar-refractivity contribution in [3.63, 3.8) is 0 Å². The third kappa shape index (κ3) is 4.19. The molecular weight excluding hydrogens is 346 g/mol. The van der Waals surface area contributed by atoms with Gasteiger partial charge in [0.1, 0.15) is 0 Å². The van der Waals surface area contributed by atoms with E-state index in [9.17, 15) is 4.79 Å². The highest BCUT2D eigenvalue weighted by Gasteiger charge is 2.25. The molecule has 0 saturated carbocycles. The van der Waals surface area contributed by atoms with Gasteiger partial charge in [0.15, 0.2) is 0 Å². The van der Waals surface area contributed by atoms with Crippen LogP contribution in [0.1, 0.15) is 29.7 Å². The molecule has 3 rings (SSSR count). The lowest BCUT2D eigenvalue weighted by Crippen LogP contribution is -2.50. The topological polar surface area (TPSA) is 35.6 Å². The number of hydrogen-bond donors (Lipinski definition) is 1. The number of rotatable bonds is 3. The highest BCUT2D eigenvalue weighted by atomic mass is 35.5. The van der Waals surface area contributed by atoms with Gasteiger partial charge in [-0.25, -0.2) is 4.79 Å². The van der Waals surface area contributed by atoms with Crippen LogP contribution in [0, 0.1) is 13.8 Å². The van der Waals surface area contributed by atoms with Gasteiger partial charge in [-0.2, -0.15) is 0 Å². The Labute approximate surface area is 160 Å². The molecule has 26 heavy (non-hydrogen) atoms. The second-order valence-electron chi connectivity index (χ2n) is 6.98. The molecule has 0 spiro atoms. The van der Waals surface area contributed by atoms with E-state index in [2.05, 4.69) is 41.4 Å². The molecule has 4 nitrogen and oxygen atoms in total. The summed E-state index contributed by atoms with van der Waals surface area (Å²) in [6.45, 7) is 9.34. The van der Waals surface area contributed by atoms with Gasteiger partial charge in [0.25, 0.3) is 0 Å². The number of aryl methyl sites for hydroxylation is 2. The highest BCUT2D eigenvalue weighted by molar-refractivity contribution is 6.34. The van der Waals surface area contributed by atoms with E-state index < -0.39 is 0 Å². The summed E-state index contributed by atoms with van der Waals surface area (Å²) in [6.07, 6.45) is 0. The standard InChI is InChI=1S/C21H26ClN3O/c1-15-13-16(2)20(19(22)14-15)23-21(26)25-11-9-24(10-12-25)17(3)18-7-5-4-6-8-18/h4-8,13-14,17H,9-12H2,1-3H3,(H,23,26). The van der Waals surface area contributed by atoms with E-state index in [-0.39, 0.29) is 6.03 Å². The number of hydrogen-bond acceptors (Lipinski definition) is 2. The Morgan fingerprint density at radius 3 is 2.35 bits per heavy atom. The molecule has 2 aromatic carbocycles. The maximum absolute atomic E-state index is 12.6. The number of nitrogens with zero attached hydrogens (tertiary/aromatic N) is 2. The third-order valence-electron chi connectivity index (χ3n) is 5.09. The molecule has 1 N–H and O–H groups in total. The molecule has 2 amide bonds. The number of piperazine rings is 1. The molecule has 138 valence electrons. The molecule has 0 aromatic heterocycles. The fourth-order valence-corrected chi connectivity index (χ4v) is 3.88. The minimum Gasteiger partial charge on any atom is -0.322 e. The summed E-state index contributed by atoms with van der Waals surface area (Å²) in [4.78, 5) is 16.9. The molecule has 1 fully saturated rings. The van der Waals surface area contributed by atoms with E-state index in [0.717, 1.165) is 24.2 Å². The Morgan fingerprint density at radius 2 is 1.73 bits per heavy atom. The van der Waals surface area contributed by atoms with Crippen LogP contribution in [0.25, 0.3) is 0 Å². The van der Waals surface area contributed by atoms with Gasteiger partial charge in [-0.3, -0.25) is 4.90 Å². The summed E-state index contributed by atoms with van der Waals surface area (Å²) >= 11 is 6.31. The molecule has 1 aliphatic heterocycles. The zero-order chi connectivity index (χ0) is 18.7. The molecule has 0 aliphatic carbocycles. The van der Waals surface area contributed by atoms with Crippen LogP contribution in [0.2, 0.25) is 5.02 Å². The van der Waals surface area contributed by atoms with Crippen molar-refractivity contribution in [1.29, 1.82) is 0 Å². The first kappa shape index (κ1) is 18.7. The summed E-state index contributed by atoms with van der Waals surface area (Å²) < 4.78 is 0. The lowest BCUT2D eigenvalue weighted by Gasteiger charge is -2.38. The quantitative estimate of drug-likeness (QED) is 0.835. The summed E-state index contributed by atoms with van der Waals surface area (Å²) in [5.41, 5.74) is 4.10. The number of nitrogens with one attached hydrogen (secondary N) is 1. The van der Waals surface area contributed by atoms with Crippen molar-refractivity contribution in [1.82, 2.24) is 9.80 Å². The summed E-state index contributed by atoms with van der Waals surface area (Å²) in [5, 5.41) is 3.58. The summed E-state index contributed by atoms with van der Waals surface area (Å²) in [6, 6.07) is 14.7. The second-order valence-corrected chi connectivity index (χ2v) is 7.39. The van der Waals surface area contributed by atoms with Gasteiger partial charge in [-0.1, -0.05) is 48.0 Å². The first-order valence-electron chi connectivity index (χ1n) is 9.07. The first-order valence-corrected chi connectivity index (χ1v) is 9.45. The van der Waals surface area contributed by atoms with Gasteiger partial charge in [-0.15, -0.1) is 0 Å². The lowest BCUT2D eigenvalue weighted by atomic mass is 10.1. The van der Waals surface area contributed by atoms with Crippen LogP contribution in [0.4, 0.5) is 10.5 Å². The number of anilines is 1. The van der Waals surface area contributed by atoms with Crippen molar-refractivity contribution < 1.29 is 4.79 Å². The zero-order valence-electron chi connectivity index (χ0n) is 15.6. The van der Waals surface area contributed by atoms with Gasteiger partial charge in [0.2, 0.25) is 0 Å². The molecule has 1 unspecified atom stereocenters. The van der Waals surface area contributed by atoms with E-state index in [1.54, 1.807) is 0 Å². The minimum absolute atomic E-state index is 0.0779. The molecular formula is C21H26ClN3O. The number of urea groups is 1. The molecule has 0 radical (unpaired) electrons. The summed E-state index contributed by atoms with van der Waals surface area (Å²) in [7, 11) is 0. The van der Waals surface area contributed by atoms with Crippen LogP contribution in [-0.4, -0.2) is 42.0 Å². The van der Waals surface area contributed by atoms with Crippen LogP contribution in [0.5, 0.6) is 0 Å². The van der Waals surface area contributed by atoms with Crippen molar-refractivity contribution >= 4 is 23.3 Å². The summed E-state index contributed by atoms with van der Waals surface area (Å²) in [5.74, 6) is 0. The monoisotopic (exact) mass is 371 g/mol. The Morgan fingerprint density at radius 1 is 1.08 bits per heavy atom. The van der Waals surface area contributed by atoms with Crippen molar-refractivity contribution in [2.75, 3.05) is 31.5 Å². The van der Waals surface area contributed by atoms with Crippen LogP contribution < -0.4 is 5.32 Å². The van der Waals surface area contributed by atoms with Crippen LogP contribution >= 0.6 is 11.6 Å². The number of amides is 2. The van der Waals surface area contributed by atoms with Gasteiger partial charge in [0.05, 0.1) is 10.7 Å². The molecule has 1 saturated heterocycles. The largest absolute Gasteiger partial charge is 0.322 e. The van der Waals surface area contributed by atoms with Gasteiger partial charge < -0.3 is 10.2 Å². The molecule has 5 heteroatoms. The van der Waals surface area contributed by atoms with E-state index in [1.165, 1.54) is 5.56 Å². The fourth-order valence-electron chi connectivity index (χ4n) is 3.51. The molecule has 0 bridgehead atoms. The van der Waals surface area contributed by atoms with Crippen molar-refractivity contribution in [2.24, 2.45) is 0 Å². The molecule has 1 aliphatic rings. The SMILES string of the molecule is Cc1cc(C)c(NC(=O)N2CCN(C(C)c3ccccc3)CC2)c(Cl)c1. The fraction of sp³-hybridized carbons (Fsp3) is 0.381. The number of carbonyl (C=O) groups excluding carboxylic acids is 1. The Bertz CT molecular complexity index is 747. The Balaban J connectivity index is 1.59. The van der Waals surface area contributed by atoms with E-state index in [0.29, 0.717) is 29.8 Å². The van der Waals surface area contributed by atoms with Crippen LogP contribution in [0.15, 0.2) is 42.5 Å². The predicted molar refractivity (Wildman–Crippen MR) is 108 cm³/mol. The van der Waals surface area contributed by atoms with E-state index >= 15 is 0 Å². The van der Waals surface area contributed by atoms with E-state index in [1.807, 2.05) is 36.9 Å². The first-order chi connectivity index (χ1) is 12.5. The second kappa shape index (κ2) is 8.11. The highest BCUT2D eigenvalue weighted by Crippen LogP contribution is 2.28. The van der Waals surface area contributed by atoms with Crippen molar-refractivity contribution in [3.8, 4) is 0 Å². The normalized spacial score (nSPS) is 16.4. The molecule has 2 aromatic rings. The molecule has 1 atom stereocenters. The molecule has 1 heterocycles. The number of benzene rings is 2. The minimum atomic E-state index is -0.0779. The smallest absolute Gasteiger partial charge is 0.321 e.